The highest BCUT2D eigenvalue weighted by Gasteiger charge is 2.39. The summed E-state index contributed by atoms with van der Waals surface area (Å²) in [7, 11) is 0. The molecule has 0 radical (unpaired) electrons. The van der Waals surface area contributed by atoms with E-state index in [1.54, 1.807) is 0 Å². The van der Waals surface area contributed by atoms with E-state index in [1.807, 2.05) is 6.92 Å². The van der Waals surface area contributed by atoms with E-state index in [0.717, 1.165) is 31.4 Å². The van der Waals surface area contributed by atoms with Gasteiger partial charge in [-0.3, -0.25) is 20.4 Å². The predicted octanol–water partition coefficient (Wildman–Crippen LogP) is 5.83. The number of unbranched alkanes of at least 4 members (excludes halogenated alkanes) is 5. The summed E-state index contributed by atoms with van der Waals surface area (Å²) in [6, 6.07) is 4.28. The quantitative estimate of drug-likeness (QED) is 0.305. The second kappa shape index (κ2) is 11.5. The molecule has 0 saturated heterocycles. The molecule has 31 heavy (non-hydrogen) atoms. The Bertz CT molecular complexity index is 781. The van der Waals surface area contributed by atoms with E-state index < -0.39 is 22.4 Å². The van der Waals surface area contributed by atoms with Crippen molar-refractivity contribution in [3.05, 3.63) is 41.7 Å². The Kier molecular flexibility index (Phi) is 9.28. The maximum Gasteiger partial charge on any atom is 0.416 e. The minimum atomic E-state index is -4.41. The Morgan fingerprint density at radius 3 is 2.39 bits per heavy atom. The fourth-order valence-electron chi connectivity index (χ4n) is 3.24. The fraction of sp³-hybridized carbons (Fsp3) is 0.545. The van der Waals surface area contributed by atoms with Crippen molar-refractivity contribution in [2.24, 2.45) is 0 Å². The van der Waals surface area contributed by atoms with Crippen LogP contribution in [0.1, 0.15) is 64.4 Å². The maximum absolute atomic E-state index is 12.6. The van der Waals surface area contributed by atoms with Gasteiger partial charge in [0.25, 0.3) is 5.91 Å². The van der Waals surface area contributed by atoms with Crippen LogP contribution >= 0.6 is 11.8 Å². The Morgan fingerprint density at radius 1 is 1.10 bits per heavy atom. The molecule has 0 bridgehead atoms. The summed E-state index contributed by atoms with van der Waals surface area (Å²) in [6.45, 7) is 3.81. The molecule has 0 saturated carbocycles. The van der Waals surface area contributed by atoms with Gasteiger partial charge in [0.05, 0.1) is 16.0 Å². The first-order valence-electron chi connectivity index (χ1n) is 10.4. The van der Waals surface area contributed by atoms with Crippen molar-refractivity contribution in [2.75, 3.05) is 12.0 Å². The molecule has 1 aliphatic heterocycles. The van der Waals surface area contributed by atoms with Crippen molar-refractivity contribution < 1.29 is 27.5 Å². The van der Waals surface area contributed by atoms with Gasteiger partial charge in [0.1, 0.15) is 5.76 Å². The van der Waals surface area contributed by atoms with Crippen molar-refractivity contribution in [3.63, 3.8) is 0 Å². The number of carbonyl (C=O) groups excluding carboxylic acids is 2. The molecule has 172 valence electrons. The Morgan fingerprint density at radius 2 is 1.74 bits per heavy atom. The molecule has 9 heteroatoms. The smallest absolute Gasteiger partial charge is 0.416 e. The Hall–Kier alpha value is -2.16. The summed E-state index contributed by atoms with van der Waals surface area (Å²) >= 11 is 1.21. The number of benzene rings is 1. The van der Waals surface area contributed by atoms with Crippen molar-refractivity contribution in [2.45, 2.75) is 69.7 Å². The summed E-state index contributed by atoms with van der Waals surface area (Å²) < 4.78 is 42.9. The van der Waals surface area contributed by atoms with Gasteiger partial charge in [0.15, 0.2) is 6.61 Å². The highest BCUT2D eigenvalue weighted by Crippen LogP contribution is 2.44. The van der Waals surface area contributed by atoms with Gasteiger partial charge in [0.2, 0.25) is 5.12 Å². The normalized spacial score (nSPS) is 18.6. The average Bonchev–Trinajstić information content (AvgIpc) is 3.00. The van der Waals surface area contributed by atoms with E-state index >= 15 is 0 Å². The van der Waals surface area contributed by atoms with Gasteiger partial charge in [-0.2, -0.15) is 13.2 Å². The Labute approximate surface area is 185 Å². The van der Waals surface area contributed by atoms with Gasteiger partial charge in [-0.15, -0.1) is 0 Å². The summed E-state index contributed by atoms with van der Waals surface area (Å²) in [5.41, 5.74) is 4.46. The number of hydrazine groups is 1. The van der Waals surface area contributed by atoms with Crippen LogP contribution in [0, 0.1) is 0 Å². The van der Waals surface area contributed by atoms with Crippen molar-refractivity contribution in [1.29, 1.82) is 0 Å². The van der Waals surface area contributed by atoms with Crippen LogP contribution in [0.5, 0.6) is 0 Å². The SMILES string of the molecule is CCCCCCCCC1(C)SC(=O)C=C1OCC(=O)NNc1ccc(C(F)(F)F)cc1. The molecule has 1 unspecified atom stereocenters. The number of anilines is 1. The lowest BCUT2D eigenvalue weighted by Gasteiger charge is -2.26. The van der Waals surface area contributed by atoms with Crippen molar-refractivity contribution in [3.8, 4) is 0 Å². The van der Waals surface area contributed by atoms with E-state index in [2.05, 4.69) is 17.8 Å². The molecule has 0 aromatic heterocycles. The Balaban J connectivity index is 1.77. The number of hydrogen-bond acceptors (Lipinski definition) is 5. The van der Waals surface area contributed by atoms with E-state index in [1.165, 1.54) is 55.7 Å². The number of ether oxygens (including phenoxy) is 1. The predicted molar refractivity (Wildman–Crippen MR) is 116 cm³/mol. The zero-order chi connectivity index (χ0) is 22.9. The minimum absolute atomic E-state index is 0.0910. The second-order valence-electron chi connectivity index (χ2n) is 7.72. The number of halogens is 3. The van der Waals surface area contributed by atoms with Crippen LogP contribution in [0.4, 0.5) is 18.9 Å². The molecule has 0 spiro atoms. The molecule has 2 N–H and O–H groups in total. The van der Waals surface area contributed by atoms with E-state index in [-0.39, 0.29) is 11.7 Å². The third-order valence-corrected chi connectivity index (χ3v) is 6.20. The first-order valence-corrected chi connectivity index (χ1v) is 11.3. The highest BCUT2D eigenvalue weighted by molar-refractivity contribution is 8.15. The zero-order valence-electron chi connectivity index (χ0n) is 17.8. The lowest BCUT2D eigenvalue weighted by atomic mass is 9.99. The van der Waals surface area contributed by atoms with Gasteiger partial charge in [0, 0.05) is 6.08 Å². The largest absolute Gasteiger partial charge is 0.486 e. The molecule has 1 aliphatic rings. The second-order valence-corrected chi connectivity index (χ2v) is 9.22. The van der Waals surface area contributed by atoms with Gasteiger partial charge in [-0.1, -0.05) is 57.2 Å². The molecule has 1 aromatic rings. The van der Waals surface area contributed by atoms with E-state index in [0.29, 0.717) is 11.4 Å². The average molecular weight is 459 g/mol. The lowest BCUT2D eigenvalue weighted by molar-refractivity contribution is -0.137. The molecular weight excluding hydrogens is 429 g/mol. The monoisotopic (exact) mass is 458 g/mol. The van der Waals surface area contributed by atoms with Gasteiger partial charge in [-0.25, -0.2) is 0 Å². The highest BCUT2D eigenvalue weighted by atomic mass is 32.2. The molecule has 0 aliphatic carbocycles. The first-order chi connectivity index (χ1) is 14.6. The topological polar surface area (TPSA) is 67.4 Å². The number of amides is 1. The standard InChI is InChI=1S/C22H29F3N2O3S/c1-3-4-5-6-7-8-13-21(2)18(14-20(29)31-21)30-15-19(28)27-26-17-11-9-16(10-12-17)22(23,24)25/h9-12,14,26H,3-8,13,15H2,1-2H3,(H,27,28). The molecule has 1 aromatic carbocycles. The van der Waals surface area contributed by atoms with Crippen molar-refractivity contribution in [1.82, 2.24) is 5.43 Å². The number of hydrogen-bond donors (Lipinski definition) is 2. The number of thioether (sulfide) groups is 1. The zero-order valence-corrected chi connectivity index (χ0v) is 18.6. The maximum atomic E-state index is 12.6. The molecule has 1 heterocycles. The van der Waals surface area contributed by atoms with E-state index in [4.69, 9.17) is 4.74 Å². The fourth-order valence-corrected chi connectivity index (χ4v) is 4.31. The van der Waals surface area contributed by atoms with Gasteiger partial charge >= 0.3 is 6.18 Å². The molecule has 5 nitrogen and oxygen atoms in total. The summed E-state index contributed by atoms with van der Waals surface area (Å²) in [5.74, 6) is -0.0206. The molecule has 0 fully saturated rings. The summed E-state index contributed by atoms with van der Waals surface area (Å²) in [6.07, 6.45) is 4.67. The number of alkyl halides is 3. The van der Waals surface area contributed by atoms with E-state index in [9.17, 15) is 22.8 Å². The summed E-state index contributed by atoms with van der Waals surface area (Å²) in [5, 5.41) is -0.0910. The number of rotatable bonds is 12. The van der Waals surface area contributed by atoms with Crippen LogP contribution in [0.15, 0.2) is 36.1 Å². The van der Waals surface area contributed by atoms with Gasteiger partial charge in [-0.05, 0) is 37.6 Å². The first kappa shape index (κ1) is 25.1. The van der Waals surface area contributed by atoms with Crippen LogP contribution in [0.3, 0.4) is 0 Å². The molecule has 1 amide bonds. The minimum Gasteiger partial charge on any atom is -0.486 e. The number of carbonyl (C=O) groups is 2. The third-order valence-electron chi connectivity index (χ3n) is 5.02. The van der Waals surface area contributed by atoms with Gasteiger partial charge < -0.3 is 4.74 Å². The molecular formula is C22H29F3N2O3S. The third kappa shape index (κ3) is 8.12. The lowest BCUT2D eigenvalue weighted by Crippen LogP contribution is -2.34. The van der Waals surface area contributed by atoms with Crippen LogP contribution in [-0.2, 0) is 20.5 Å². The molecule has 2 rings (SSSR count). The molecule has 1 atom stereocenters. The van der Waals surface area contributed by atoms with Crippen LogP contribution in [0.2, 0.25) is 0 Å². The van der Waals surface area contributed by atoms with Crippen LogP contribution in [-0.4, -0.2) is 22.4 Å². The van der Waals surface area contributed by atoms with Crippen molar-refractivity contribution >= 4 is 28.5 Å². The number of nitrogens with one attached hydrogen (secondary N) is 2. The van der Waals surface area contributed by atoms with Crippen LogP contribution < -0.4 is 10.9 Å². The summed E-state index contributed by atoms with van der Waals surface area (Å²) in [4.78, 5) is 24.0. The van der Waals surface area contributed by atoms with Crippen LogP contribution in [0.25, 0.3) is 0 Å².